The Morgan fingerprint density at radius 1 is 1.03 bits per heavy atom. The minimum absolute atomic E-state index is 0.0202. The summed E-state index contributed by atoms with van der Waals surface area (Å²) in [4.78, 5) is 34.0. The van der Waals surface area contributed by atoms with E-state index in [1.807, 2.05) is 0 Å². The summed E-state index contributed by atoms with van der Waals surface area (Å²) >= 11 is 0. The molecule has 9 nitrogen and oxygen atoms in total. The molecule has 3 rings (SSSR count). The number of nitrogens with one attached hydrogen (secondary N) is 2. The molecule has 0 bridgehead atoms. The van der Waals surface area contributed by atoms with E-state index in [0.717, 1.165) is 11.1 Å². The molecule has 10 heteroatoms. The Morgan fingerprint density at radius 3 is 2.41 bits per heavy atom. The first-order chi connectivity index (χ1) is 16.4. The molecule has 174 valence electrons. The monoisotopic (exact) mass is 464 g/mol. The molecular formula is C24H21FN4O5. The maximum Gasteiger partial charge on any atom is 0.269 e. The van der Waals surface area contributed by atoms with E-state index < -0.39 is 22.6 Å². The lowest BCUT2D eigenvalue weighted by Gasteiger charge is -2.06. The van der Waals surface area contributed by atoms with Crippen molar-refractivity contribution in [3.63, 3.8) is 0 Å². The highest BCUT2D eigenvalue weighted by Gasteiger charge is 2.10. The van der Waals surface area contributed by atoms with Gasteiger partial charge in [-0.15, -0.1) is 0 Å². The Labute approximate surface area is 194 Å². The van der Waals surface area contributed by atoms with Crippen molar-refractivity contribution in [1.29, 1.82) is 0 Å². The van der Waals surface area contributed by atoms with Gasteiger partial charge in [0, 0.05) is 25.1 Å². The van der Waals surface area contributed by atoms with Crippen molar-refractivity contribution in [2.24, 2.45) is 5.10 Å². The fourth-order valence-electron chi connectivity index (χ4n) is 2.80. The third-order valence-corrected chi connectivity index (χ3v) is 4.59. The molecular weight excluding hydrogens is 443 g/mol. The third kappa shape index (κ3) is 7.23. The Morgan fingerprint density at radius 2 is 1.74 bits per heavy atom. The number of nitro groups is 1. The van der Waals surface area contributed by atoms with Gasteiger partial charge in [0.25, 0.3) is 11.6 Å². The van der Waals surface area contributed by atoms with Crippen molar-refractivity contribution in [1.82, 2.24) is 10.7 Å². The molecule has 2 amide bonds. The number of amides is 2. The zero-order valence-electron chi connectivity index (χ0n) is 17.9. The smallest absolute Gasteiger partial charge is 0.269 e. The van der Waals surface area contributed by atoms with Crippen molar-refractivity contribution >= 4 is 23.7 Å². The molecule has 0 aliphatic rings. The number of hydrazone groups is 1. The lowest BCUT2D eigenvalue weighted by Crippen LogP contribution is -2.29. The summed E-state index contributed by atoms with van der Waals surface area (Å²) in [5.74, 6) is -1.03. The molecule has 0 heterocycles. The molecule has 0 aliphatic carbocycles. The number of nitrogens with zero attached hydrogens (tertiary/aromatic N) is 2. The lowest BCUT2D eigenvalue weighted by molar-refractivity contribution is -0.384. The number of benzene rings is 3. The molecule has 0 aromatic heterocycles. The van der Waals surface area contributed by atoms with Crippen LogP contribution in [0.1, 0.15) is 27.9 Å². The number of nitro benzene ring substituents is 1. The van der Waals surface area contributed by atoms with E-state index in [2.05, 4.69) is 15.8 Å². The molecule has 0 spiro atoms. The van der Waals surface area contributed by atoms with Crippen LogP contribution in [0.2, 0.25) is 0 Å². The van der Waals surface area contributed by atoms with Gasteiger partial charge >= 0.3 is 0 Å². The summed E-state index contributed by atoms with van der Waals surface area (Å²) in [5, 5.41) is 17.0. The van der Waals surface area contributed by atoms with Gasteiger partial charge in [0.05, 0.1) is 16.7 Å². The van der Waals surface area contributed by atoms with Crippen molar-refractivity contribution in [3.05, 3.63) is 105 Å². The van der Waals surface area contributed by atoms with Crippen LogP contribution >= 0.6 is 0 Å². The predicted molar refractivity (Wildman–Crippen MR) is 123 cm³/mol. The highest BCUT2D eigenvalue weighted by Crippen LogP contribution is 2.16. The molecule has 0 fully saturated rings. The summed E-state index contributed by atoms with van der Waals surface area (Å²) in [6.07, 6.45) is 1.43. The number of non-ortho nitro benzene ring substituents is 1. The molecule has 0 saturated heterocycles. The van der Waals surface area contributed by atoms with Gasteiger partial charge in [-0.05, 0) is 59.7 Å². The summed E-state index contributed by atoms with van der Waals surface area (Å²) in [5.41, 5.74) is 3.81. The zero-order valence-corrected chi connectivity index (χ0v) is 17.9. The first-order valence-electron chi connectivity index (χ1n) is 10.2. The van der Waals surface area contributed by atoms with Gasteiger partial charge in [-0.1, -0.05) is 12.1 Å². The molecule has 0 atom stereocenters. The van der Waals surface area contributed by atoms with E-state index in [4.69, 9.17) is 4.74 Å². The van der Waals surface area contributed by atoms with E-state index in [1.54, 1.807) is 42.5 Å². The average Bonchev–Trinajstić information content (AvgIpc) is 2.84. The van der Waals surface area contributed by atoms with Crippen LogP contribution in [0.4, 0.5) is 10.1 Å². The summed E-state index contributed by atoms with van der Waals surface area (Å²) < 4.78 is 19.2. The van der Waals surface area contributed by atoms with E-state index >= 15 is 0 Å². The SMILES string of the molecule is O=C(CCNC(=O)c1ccccc1F)NN=Cc1ccc(OCc2ccc([N+](=O)[O-])cc2)cc1. The second-order valence-corrected chi connectivity index (χ2v) is 7.06. The minimum Gasteiger partial charge on any atom is -0.489 e. The molecule has 0 aliphatic heterocycles. The number of hydrogen-bond donors (Lipinski definition) is 2. The summed E-state index contributed by atoms with van der Waals surface area (Å²) in [6, 6.07) is 18.6. The van der Waals surface area contributed by atoms with Gasteiger partial charge in [0.2, 0.25) is 5.91 Å². The van der Waals surface area contributed by atoms with E-state index in [0.29, 0.717) is 5.75 Å². The fourth-order valence-corrected chi connectivity index (χ4v) is 2.80. The van der Waals surface area contributed by atoms with Gasteiger partial charge in [0.15, 0.2) is 0 Å². The predicted octanol–water partition coefficient (Wildman–Crippen LogP) is 3.58. The Bertz CT molecular complexity index is 1180. The van der Waals surface area contributed by atoms with Crippen LogP contribution in [-0.2, 0) is 11.4 Å². The maximum absolute atomic E-state index is 13.5. The second-order valence-electron chi connectivity index (χ2n) is 7.06. The highest BCUT2D eigenvalue weighted by atomic mass is 19.1. The summed E-state index contributed by atoms with van der Waals surface area (Å²) in [7, 11) is 0. The molecule has 3 aromatic carbocycles. The molecule has 0 unspecified atom stereocenters. The Balaban J connectivity index is 1.38. The van der Waals surface area contributed by atoms with Crippen LogP contribution in [-0.4, -0.2) is 29.5 Å². The van der Waals surface area contributed by atoms with Gasteiger partial charge in [0.1, 0.15) is 18.2 Å². The molecule has 0 saturated carbocycles. The van der Waals surface area contributed by atoms with Crippen molar-refractivity contribution < 1.29 is 23.6 Å². The van der Waals surface area contributed by atoms with Gasteiger partial charge in [-0.25, -0.2) is 9.82 Å². The van der Waals surface area contributed by atoms with Gasteiger partial charge in [-0.2, -0.15) is 5.10 Å². The maximum atomic E-state index is 13.5. The highest BCUT2D eigenvalue weighted by molar-refractivity contribution is 5.94. The quantitative estimate of drug-likeness (QED) is 0.270. The first kappa shape index (κ1) is 24.1. The van der Waals surface area contributed by atoms with Crippen molar-refractivity contribution in [3.8, 4) is 5.75 Å². The van der Waals surface area contributed by atoms with E-state index in [1.165, 1.54) is 36.5 Å². The standard InChI is InChI=1S/C24H21FN4O5/c25-22-4-2-1-3-21(22)24(31)26-14-13-23(30)28-27-15-17-7-11-20(12-8-17)34-16-18-5-9-19(10-6-18)29(32)33/h1-12,15H,13-14,16H2,(H,26,31)(H,28,30). The fraction of sp³-hybridized carbons (Fsp3) is 0.125. The van der Waals surface area contributed by atoms with Crippen LogP contribution in [0.5, 0.6) is 5.75 Å². The van der Waals surface area contributed by atoms with Gasteiger partial charge in [-0.3, -0.25) is 19.7 Å². The lowest BCUT2D eigenvalue weighted by atomic mass is 10.2. The Kier molecular flexibility index (Phi) is 8.39. The Hall–Kier alpha value is -4.60. The number of rotatable bonds is 10. The number of ether oxygens (including phenoxy) is 1. The number of halogens is 1. The largest absolute Gasteiger partial charge is 0.489 e. The number of carbonyl (C=O) groups excluding carboxylic acids is 2. The van der Waals surface area contributed by atoms with E-state index in [-0.39, 0.29) is 30.8 Å². The van der Waals surface area contributed by atoms with Gasteiger partial charge < -0.3 is 10.1 Å². The topological polar surface area (TPSA) is 123 Å². The van der Waals surface area contributed by atoms with Crippen LogP contribution in [0.25, 0.3) is 0 Å². The van der Waals surface area contributed by atoms with Crippen LogP contribution in [0.15, 0.2) is 77.9 Å². The zero-order chi connectivity index (χ0) is 24.3. The molecule has 2 N–H and O–H groups in total. The second kappa shape index (κ2) is 11.9. The van der Waals surface area contributed by atoms with Crippen molar-refractivity contribution in [2.75, 3.05) is 6.54 Å². The molecule has 34 heavy (non-hydrogen) atoms. The number of hydrogen-bond acceptors (Lipinski definition) is 6. The van der Waals surface area contributed by atoms with Crippen molar-refractivity contribution in [2.45, 2.75) is 13.0 Å². The third-order valence-electron chi connectivity index (χ3n) is 4.59. The average molecular weight is 464 g/mol. The van der Waals surface area contributed by atoms with Crippen LogP contribution < -0.4 is 15.5 Å². The van der Waals surface area contributed by atoms with Crippen LogP contribution in [0.3, 0.4) is 0 Å². The van der Waals surface area contributed by atoms with Crippen LogP contribution in [0, 0.1) is 15.9 Å². The normalized spacial score (nSPS) is 10.6. The van der Waals surface area contributed by atoms with E-state index in [9.17, 15) is 24.1 Å². The first-order valence-corrected chi connectivity index (χ1v) is 10.2. The summed E-state index contributed by atoms with van der Waals surface area (Å²) in [6.45, 7) is 0.296. The molecule has 0 radical (unpaired) electrons. The minimum atomic E-state index is -0.628. The number of carbonyl (C=O) groups is 2. The molecule has 3 aromatic rings.